The summed E-state index contributed by atoms with van der Waals surface area (Å²) >= 11 is 0. The average Bonchev–Trinajstić information content (AvgIpc) is 3.11. The fraction of sp³-hybridized carbons (Fsp3) is 0.647. The van der Waals surface area contributed by atoms with Crippen LogP contribution in [0.25, 0.3) is 0 Å². The molecule has 2 aliphatic rings. The topological polar surface area (TPSA) is 137 Å². The van der Waals surface area contributed by atoms with Gasteiger partial charge in [-0.3, -0.25) is 19.2 Å². The van der Waals surface area contributed by atoms with E-state index in [2.05, 4.69) is 0 Å². The van der Waals surface area contributed by atoms with Gasteiger partial charge in [0.25, 0.3) is 23.6 Å². The van der Waals surface area contributed by atoms with E-state index >= 15 is 0 Å². The number of carbonyl (C=O) groups excluding carboxylic acids is 6. The van der Waals surface area contributed by atoms with E-state index in [4.69, 9.17) is 14.4 Å². The maximum absolute atomic E-state index is 12.2. The third-order valence-electron chi connectivity index (χ3n) is 4.15. The maximum atomic E-state index is 12.2. The molecule has 2 saturated heterocycles. The zero-order chi connectivity index (χ0) is 21.1. The van der Waals surface area contributed by atoms with Gasteiger partial charge in [0.2, 0.25) is 0 Å². The summed E-state index contributed by atoms with van der Waals surface area (Å²) in [6.07, 6.45) is -0.0278. The Labute approximate surface area is 160 Å². The maximum Gasteiger partial charge on any atom is 0.341 e. The van der Waals surface area contributed by atoms with Crippen molar-refractivity contribution < 1.29 is 43.2 Å². The number of rotatable bonds is 8. The number of imide groups is 2. The van der Waals surface area contributed by atoms with E-state index < -0.39 is 46.9 Å². The van der Waals surface area contributed by atoms with Gasteiger partial charge in [0.05, 0.1) is 24.5 Å². The Bertz CT molecular complexity index is 683. The van der Waals surface area contributed by atoms with Gasteiger partial charge in [0.15, 0.2) is 0 Å². The standard InChI is InChI=1S/C17H22N2O9/c1-10(15(24)27-18-11(20)4-5-12(18)21)8-26-9-17(2,3)16(25)28-19-13(22)6-7-14(19)23/h10H,4-9H2,1-3H3. The fourth-order valence-corrected chi connectivity index (χ4v) is 2.32. The van der Waals surface area contributed by atoms with Crippen molar-refractivity contribution in [2.75, 3.05) is 13.2 Å². The van der Waals surface area contributed by atoms with Crippen LogP contribution in [-0.2, 0) is 43.2 Å². The molecule has 0 radical (unpaired) electrons. The second kappa shape index (κ2) is 8.46. The lowest BCUT2D eigenvalue weighted by molar-refractivity contribution is -0.207. The normalized spacial score (nSPS) is 18.7. The van der Waals surface area contributed by atoms with Crippen molar-refractivity contribution in [1.82, 2.24) is 10.1 Å². The van der Waals surface area contributed by atoms with Gasteiger partial charge in [-0.05, 0) is 20.8 Å². The minimum absolute atomic E-state index is 0.00464. The van der Waals surface area contributed by atoms with Crippen LogP contribution in [0.2, 0.25) is 0 Å². The Morgan fingerprint density at radius 3 is 1.79 bits per heavy atom. The van der Waals surface area contributed by atoms with E-state index in [1.807, 2.05) is 0 Å². The number of amides is 4. The van der Waals surface area contributed by atoms with E-state index in [0.29, 0.717) is 10.1 Å². The third kappa shape index (κ3) is 4.91. The molecular weight excluding hydrogens is 376 g/mol. The molecular formula is C17H22N2O9. The first-order chi connectivity index (χ1) is 13.0. The number of hydroxylamine groups is 4. The minimum Gasteiger partial charge on any atom is -0.379 e. The van der Waals surface area contributed by atoms with Crippen LogP contribution in [0.3, 0.4) is 0 Å². The molecule has 11 heteroatoms. The molecule has 0 spiro atoms. The quantitative estimate of drug-likeness (QED) is 0.512. The first-order valence-corrected chi connectivity index (χ1v) is 8.76. The average molecular weight is 398 g/mol. The van der Waals surface area contributed by atoms with Crippen molar-refractivity contribution in [3.05, 3.63) is 0 Å². The van der Waals surface area contributed by atoms with Crippen molar-refractivity contribution in [3.63, 3.8) is 0 Å². The molecule has 0 saturated carbocycles. The van der Waals surface area contributed by atoms with Crippen LogP contribution in [0.15, 0.2) is 0 Å². The smallest absolute Gasteiger partial charge is 0.341 e. The number of nitrogens with zero attached hydrogens (tertiary/aromatic N) is 2. The molecule has 0 aromatic heterocycles. The fourth-order valence-electron chi connectivity index (χ4n) is 2.32. The zero-order valence-corrected chi connectivity index (χ0v) is 15.9. The van der Waals surface area contributed by atoms with Crippen molar-refractivity contribution in [2.45, 2.75) is 46.5 Å². The largest absolute Gasteiger partial charge is 0.379 e. The van der Waals surface area contributed by atoms with Crippen LogP contribution in [0.5, 0.6) is 0 Å². The Hall–Kier alpha value is -2.82. The van der Waals surface area contributed by atoms with Crippen molar-refractivity contribution in [1.29, 1.82) is 0 Å². The molecule has 0 N–H and O–H groups in total. The number of hydrogen-bond donors (Lipinski definition) is 0. The Morgan fingerprint density at radius 1 is 0.893 bits per heavy atom. The van der Waals surface area contributed by atoms with Gasteiger partial charge >= 0.3 is 11.9 Å². The van der Waals surface area contributed by atoms with Crippen LogP contribution in [-0.4, -0.2) is 58.9 Å². The summed E-state index contributed by atoms with van der Waals surface area (Å²) in [7, 11) is 0. The van der Waals surface area contributed by atoms with Gasteiger partial charge in [-0.2, -0.15) is 0 Å². The highest BCUT2D eigenvalue weighted by Crippen LogP contribution is 2.22. The molecule has 2 aliphatic heterocycles. The van der Waals surface area contributed by atoms with Crippen molar-refractivity contribution >= 4 is 35.6 Å². The summed E-state index contributed by atoms with van der Waals surface area (Å²) in [5.74, 6) is -4.80. The molecule has 11 nitrogen and oxygen atoms in total. The molecule has 4 amide bonds. The summed E-state index contributed by atoms with van der Waals surface area (Å²) in [6.45, 7) is 4.14. The second-order valence-electron chi connectivity index (χ2n) is 7.25. The lowest BCUT2D eigenvalue weighted by Crippen LogP contribution is -2.40. The predicted octanol–water partition coefficient (Wildman–Crippen LogP) is -0.120. The second-order valence-corrected chi connectivity index (χ2v) is 7.25. The number of ether oxygens (including phenoxy) is 1. The summed E-state index contributed by atoms with van der Waals surface area (Å²) < 4.78 is 5.36. The van der Waals surface area contributed by atoms with Crippen LogP contribution >= 0.6 is 0 Å². The van der Waals surface area contributed by atoms with Gasteiger partial charge in [-0.1, -0.05) is 0 Å². The lowest BCUT2D eigenvalue weighted by Gasteiger charge is -2.25. The number of carbonyl (C=O) groups is 6. The van der Waals surface area contributed by atoms with E-state index in [1.54, 1.807) is 0 Å². The molecule has 2 heterocycles. The molecule has 28 heavy (non-hydrogen) atoms. The van der Waals surface area contributed by atoms with Gasteiger partial charge in [-0.15, -0.1) is 10.1 Å². The predicted molar refractivity (Wildman–Crippen MR) is 88.1 cm³/mol. The molecule has 0 aliphatic carbocycles. The monoisotopic (exact) mass is 398 g/mol. The molecule has 154 valence electrons. The molecule has 0 bridgehead atoms. The molecule has 2 fully saturated rings. The van der Waals surface area contributed by atoms with Crippen LogP contribution in [0, 0.1) is 11.3 Å². The summed E-state index contributed by atoms with van der Waals surface area (Å²) in [6, 6.07) is 0. The van der Waals surface area contributed by atoms with Gasteiger partial charge < -0.3 is 14.4 Å². The summed E-state index contributed by atoms with van der Waals surface area (Å²) in [5.41, 5.74) is -1.20. The number of hydrogen-bond acceptors (Lipinski definition) is 9. The molecule has 1 unspecified atom stereocenters. The van der Waals surface area contributed by atoms with E-state index in [-0.39, 0.29) is 38.9 Å². The summed E-state index contributed by atoms with van der Waals surface area (Å²) in [5, 5.41) is 0.901. The van der Waals surface area contributed by atoms with E-state index in [0.717, 1.165) is 0 Å². The third-order valence-corrected chi connectivity index (χ3v) is 4.15. The van der Waals surface area contributed by atoms with E-state index in [1.165, 1.54) is 20.8 Å². The molecule has 2 rings (SSSR count). The zero-order valence-electron chi connectivity index (χ0n) is 15.9. The van der Waals surface area contributed by atoms with Crippen LogP contribution in [0.1, 0.15) is 46.5 Å². The Morgan fingerprint density at radius 2 is 1.32 bits per heavy atom. The van der Waals surface area contributed by atoms with Gasteiger partial charge in [0.1, 0.15) is 0 Å². The summed E-state index contributed by atoms with van der Waals surface area (Å²) in [4.78, 5) is 79.7. The highest BCUT2D eigenvalue weighted by atomic mass is 16.7. The minimum atomic E-state index is -1.20. The molecule has 1 atom stereocenters. The highest BCUT2D eigenvalue weighted by Gasteiger charge is 2.39. The van der Waals surface area contributed by atoms with Crippen molar-refractivity contribution in [3.8, 4) is 0 Å². The SMILES string of the molecule is CC(COCC(C)(C)C(=O)ON1C(=O)CCC1=O)C(=O)ON1C(=O)CCC1=O. The van der Waals surface area contributed by atoms with Crippen LogP contribution in [0.4, 0.5) is 0 Å². The van der Waals surface area contributed by atoms with E-state index in [9.17, 15) is 28.8 Å². The first kappa shape index (κ1) is 21.5. The van der Waals surface area contributed by atoms with Crippen LogP contribution < -0.4 is 0 Å². The first-order valence-electron chi connectivity index (χ1n) is 8.76. The van der Waals surface area contributed by atoms with Crippen molar-refractivity contribution in [2.24, 2.45) is 11.3 Å². The van der Waals surface area contributed by atoms with Gasteiger partial charge in [0, 0.05) is 25.7 Å². The highest BCUT2D eigenvalue weighted by molar-refractivity contribution is 6.02. The van der Waals surface area contributed by atoms with Gasteiger partial charge in [-0.25, -0.2) is 9.59 Å². The Balaban J connectivity index is 1.78. The lowest BCUT2D eigenvalue weighted by atomic mass is 9.95. The molecule has 0 aromatic rings. The molecule has 0 aromatic carbocycles. The Kier molecular flexibility index (Phi) is 6.49.